The molecule has 1 amide bonds. The third-order valence-electron chi connectivity index (χ3n) is 3.43. The fraction of sp³-hybridized carbons (Fsp3) is 0.250. The largest absolute Gasteiger partial charge is 0.353 e. The van der Waals surface area contributed by atoms with Crippen molar-refractivity contribution in [2.45, 2.75) is 6.92 Å². The summed E-state index contributed by atoms with van der Waals surface area (Å²) in [5.41, 5.74) is 3.74. The van der Waals surface area contributed by atoms with Crippen molar-refractivity contribution in [1.29, 1.82) is 0 Å². The molecule has 0 aliphatic rings. The van der Waals surface area contributed by atoms with Gasteiger partial charge < -0.3 is 5.32 Å². The van der Waals surface area contributed by atoms with E-state index in [1.54, 1.807) is 31.2 Å². The normalized spacial score (nSPS) is 11.1. The fourth-order valence-electron chi connectivity index (χ4n) is 2.08. The second-order valence-electron chi connectivity index (χ2n) is 5.29. The van der Waals surface area contributed by atoms with Crippen LogP contribution in [0.15, 0.2) is 36.5 Å². The number of halogens is 1. The van der Waals surface area contributed by atoms with Crippen molar-refractivity contribution in [3.05, 3.63) is 47.2 Å². The highest BCUT2D eigenvalue weighted by Crippen LogP contribution is 2.31. The molecule has 140 valence electrons. The zero-order valence-electron chi connectivity index (χ0n) is 14.5. The van der Waals surface area contributed by atoms with Gasteiger partial charge in [-0.15, -0.1) is 0 Å². The topological polar surface area (TPSA) is 101 Å². The molecule has 0 bridgehead atoms. The predicted molar refractivity (Wildman–Crippen MR) is 101 cm³/mol. The number of nitrogens with one attached hydrogen (secondary N) is 2. The van der Waals surface area contributed by atoms with Gasteiger partial charge in [-0.3, -0.25) is 13.9 Å². The van der Waals surface area contributed by atoms with Crippen LogP contribution in [0, 0.1) is 0 Å². The Hall–Kier alpha value is -2.36. The summed E-state index contributed by atoms with van der Waals surface area (Å²) in [4.78, 5) is 21.1. The summed E-state index contributed by atoms with van der Waals surface area (Å²) >= 11 is 5.95. The van der Waals surface area contributed by atoms with Gasteiger partial charge in [-0.1, -0.05) is 23.7 Å². The Bertz CT molecular complexity index is 905. The van der Waals surface area contributed by atoms with Gasteiger partial charge in [-0.05, 0) is 25.1 Å². The number of para-hydroxylation sites is 2. The van der Waals surface area contributed by atoms with E-state index in [1.165, 1.54) is 19.3 Å². The molecule has 0 saturated heterocycles. The summed E-state index contributed by atoms with van der Waals surface area (Å²) in [5, 5.41) is 3.22. The van der Waals surface area contributed by atoms with Gasteiger partial charge in [-0.25, -0.2) is 18.9 Å². The van der Waals surface area contributed by atoms with E-state index in [2.05, 4.69) is 15.8 Å². The van der Waals surface area contributed by atoms with Crippen molar-refractivity contribution >= 4 is 44.6 Å². The van der Waals surface area contributed by atoms with Gasteiger partial charge in [0.05, 0.1) is 35.5 Å². The second kappa shape index (κ2) is 8.35. The number of hydrogen-bond acceptors (Lipinski definition) is 6. The van der Waals surface area contributed by atoms with E-state index in [4.69, 9.17) is 16.4 Å². The van der Waals surface area contributed by atoms with Crippen molar-refractivity contribution in [2.75, 3.05) is 29.5 Å². The quantitative estimate of drug-likeness (QED) is 0.549. The Balaban J connectivity index is 2.43. The van der Waals surface area contributed by atoms with E-state index >= 15 is 0 Å². The second-order valence-corrected chi connectivity index (χ2v) is 7.69. The molecule has 0 fully saturated rings. The molecular formula is C16H19ClN4O4S. The third kappa shape index (κ3) is 4.84. The minimum Gasteiger partial charge on any atom is -0.353 e. The Kier molecular flexibility index (Phi) is 6.41. The molecule has 2 N–H and O–H groups in total. The van der Waals surface area contributed by atoms with Gasteiger partial charge >= 0.3 is 0 Å². The van der Waals surface area contributed by atoms with E-state index in [0.717, 1.165) is 10.6 Å². The van der Waals surface area contributed by atoms with Crippen molar-refractivity contribution in [1.82, 2.24) is 10.5 Å². The molecule has 0 spiro atoms. The van der Waals surface area contributed by atoms with Crippen molar-refractivity contribution < 1.29 is 18.0 Å². The molecule has 0 aliphatic carbocycles. The summed E-state index contributed by atoms with van der Waals surface area (Å²) in [6.45, 7) is 2.04. The zero-order valence-corrected chi connectivity index (χ0v) is 16.1. The Morgan fingerprint density at radius 3 is 2.65 bits per heavy atom. The van der Waals surface area contributed by atoms with Crippen LogP contribution in [0.1, 0.15) is 17.3 Å². The lowest BCUT2D eigenvalue weighted by Gasteiger charge is -2.21. The third-order valence-corrected chi connectivity index (χ3v) is 4.83. The van der Waals surface area contributed by atoms with Crippen LogP contribution in [-0.2, 0) is 14.9 Å². The van der Waals surface area contributed by atoms with Crippen LogP contribution in [0.25, 0.3) is 0 Å². The fourth-order valence-corrected chi connectivity index (χ4v) is 2.76. The lowest BCUT2D eigenvalue weighted by molar-refractivity contribution is 0.0365. The van der Waals surface area contributed by atoms with Crippen LogP contribution in [0.2, 0.25) is 5.15 Å². The van der Waals surface area contributed by atoms with Crippen LogP contribution in [-0.4, -0.2) is 39.2 Å². The minimum atomic E-state index is -3.46. The van der Waals surface area contributed by atoms with E-state index < -0.39 is 15.9 Å². The number of hydroxylamine groups is 1. The van der Waals surface area contributed by atoms with E-state index in [-0.39, 0.29) is 10.7 Å². The Morgan fingerprint density at radius 1 is 1.31 bits per heavy atom. The lowest BCUT2D eigenvalue weighted by Crippen LogP contribution is -2.26. The average molecular weight is 399 g/mol. The number of sulfonamides is 1. The molecule has 10 heteroatoms. The minimum absolute atomic E-state index is 0.175. The number of carbonyl (C=O) groups is 1. The highest BCUT2D eigenvalue weighted by Gasteiger charge is 2.18. The molecule has 8 nitrogen and oxygen atoms in total. The number of nitrogens with zero attached hydrogens (tertiary/aromatic N) is 2. The standard InChI is InChI=1S/C16H19ClN4O4S/c1-4-25-20-16(22)11-10-18-15(17)9-13(11)19-12-7-5-6-8-14(12)21(2)26(3,23)24/h5-10H,4H2,1-3H3,(H,18,19)(H,20,22). The molecule has 2 rings (SSSR count). The number of benzene rings is 1. The monoisotopic (exact) mass is 398 g/mol. The first-order chi connectivity index (χ1) is 12.2. The molecule has 0 unspecified atom stereocenters. The van der Waals surface area contributed by atoms with Crippen LogP contribution < -0.4 is 15.1 Å². The maximum atomic E-state index is 12.2. The summed E-state index contributed by atoms with van der Waals surface area (Å²) in [6.07, 6.45) is 2.41. The molecule has 0 atom stereocenters. The summed E-state index contributed by atoms with van der Waals surface area (Å²) in [5.74, 6) is -0.507. The van der Waals surface area contributed by atoms with Crippen molar-refractivity contribution in [3.8, 4) is 0 Å². The molecule has 26 heavy (non-hydrogen) atoms. The number of amides is 1. The van der Waals surface area contributed by atoms with Crippen LogP contribution in [0.3, 0.4) is 0 Å². The van der Waals surface area contributed by atoms with Crippen LogP contribution >= 0.6 is 11.6 Å². The van der Waals surface area contributed by atoms with Crippen molar-refractivity contribution in [3.63, 3.8) is 0 Å². The van der Waals surface area contributed by atoms with Gasteiger partial charge in [0, 0.05) is 13.2 Å². The molecule has 1 heterocycles. The van der Waals surface area contributed by atoms with E-state index in [0.29, 0.717) is 23.7 Å². The first-order valence-corrected chi connectivity index (χ1v) is 9.84. The zero-order chi connectivity index (χ0) is 19.3. The van der Waals surface area contributed by atoms with Crippen LogP contribution in [0.5, 0.6) is 0 Å². The maximum Gasteiger partial charge on any atom is 0.278 e. The first-order valence-electron chi connectivity index (χ1n) is 7.61. The number of hydrogen-bond donors (Lipinski definition) is 2. The van der Waals surface area contributed by atoms with Gasteiger partial charge in [0.25, 0.3) is 5.91 Å². The van der Waals surface area contributed by atoms with Gasteiger partial charge in [0.15, 0.2) is 0 Å². The summed E-state index contributed by atoms with van der Waals surface area (Å²) < 4.78 is 24.9. The summed E-state index contributed by atoms with van der Waals surface area (Å²) in [6, 6.07) is 8.26. The molecule has 0 radical (unpaired) electrons. The van der Waals surface area contributed by atoms with Gasteiger partial charge in [-0.2, -0.15) is 0 Å². The SMILES string of the molecule is CCONC(=O)c1cnc(Cl)cc1Nc1ccccc1N(C)S(C)(=O)=O. The average Bonchev–Trinajstić information content (AvgIpc) is 2.59. The molecule has 2 aromatic rings. The molecular weight excluding hydrogens is 380 g/mol. The van der Waals surface area contributed by atoms with Crippen LogP contribution in [0.4, 0.5) is 17.1 Å². The molecule has 0 aliphatic heterocycles. The summed E-state index contributed by atoms with van der Waals surface area (Å²) in [7, 11) is -2.02. The Labute approximate surface area is 157 Å². The van der Waals surface area contributed by atoms with Crippen molar-refractivity contribution in [2.24, 2.45) is 0 Å². The smallest absolute Gasteiger partial charge is 0.278 e. The number of rotatable bonds is 7. The number of aromatic nitrogens is 1. The lowest BCUT2D eigenvalue weighted by atomic mass is 10.2. The molecule has 0 saturated carbocycles. The van der Waals surface area contributed by atoms with Gasteiger partial charge in [0.2, 0.25) is 10.0 Å². The number of pyridine rings is 1. The predicted octanol–water partition coefficient (Wildman–Crippen LogP) is 2.56. The van der Waals surface area contributed by atoms with Gasteiger partial charge in [0.1, 0.15) is 5.15 Å². The Morgan fingerprint density at radius 2 is 2.00 bits per heavy atom. The van der Waals surface area contributed by atoms with E-state index in [1.807, 2.05) is 0 Å². The maximum absolute atomic E-state index is 12.2. The molecule has 1 aromatic carbocycles. The molecule has 1 aromatic heterocycles. The number of anilines is 3. The highest BCUT2D eigenvalue weighted by atomic mass is 35.5. The first kappa shape index (κ1) is 20.0. The number of carbonyl (C=O) groups excluding carboxylic acids is 1. The van der Waals surface area contributed by atoms with E-state index in [9.17, 15) is 13.2 Å². The highest BCUT2D eigenvalue weighted by molar-refractivity contribution is 7.92.